The van der Waals surface area contributed by atoms with Gasteiger partial charge >= 0.3 is 0 Å². The molecule has 2 fully saturated rings. The Morgan fingerprint density at radius 1 is 1.19 bits per heavy atom. The Hall–Kier alpha value is -2.68. The van der Waals surface area contributed by atoms with E-state index in [4.69, 9.17) is 0 Å². The van der Waals surface area contributed by atoms with Crippen LogP contribution < -0.4 is 5.32 Å². The van der Waals surface area contributed by atoms with Gasteiger partial charge < -0.3 is 15.1 Å². The highest BCUT2D eigenvalue weighted by Crippen LogP contribution is 2.27. The molecule has 2 aromatic heterocycles. The van der Waals surface area contributed by atoms with Crippen LogP contribution in [0.15, 0.2) is 17.5 Å². The zero-order valence-corrected chi connectivity index (χ0v) is 19.2. The van der Waals surface area contributed by atoms with Gasteiger partial charge in [-0.05, 0) is 37.1 Å². The minimum absolute atomic E-state index is 0.0680. The normalized spacial score (nSPS) is 20.7. The summed E-state index contributed by atoms with van der Waals surface area (Å²) in [5.41, 5.74) is 2.31. The number of fused-ring (bicyclic) bond motifs is 1. The summed E-state index contributed by atoms with van der Waals surface area (Å²) in [6, 6.07) is 4.26. The van der Waals surface area contributed by atoms with Gasteiger partial charge in [-0.15, -0.1) is 11.3 Å². The van der Waals surface area contributed by atoms with Crippen LogP contribution in [-0.4, -0.2) is 63.0 Å². The Morgan fingerprint density at radius 3 is 2.78 bits per heavy atom. The number of rotatable bonds is 5. The second-order valence-electron chi connectivity index (χ2n) is 9.09. The number of hydrogen-bond acceptors (Lipinski definition) is 5. The van der Waals surface area contributed by atoms with E-state index in [9.17, 15) is 14.4 Å². The van der Waals surface area contributed by atoms with Crippen LogP contribution in [0, 0.1) is 5.92 Å². The average Bonchev–Trinajstić information content (AvgIpc) is 3.35. The summed E-state index contributed by atoms with van der Waals surface area (Å²) in [4.78, 5) is 43.5. The molecule has 0 aromatic carbocycles. The first-order chi connectivity index (χ1) is 15.5. The number of thiophene rings is 1. The number of piperidine rings is 1. The predicted octanol–water partition coefficient (Wildman–Crippen LogP) is 1.74. The SMILES string of the molecule is Cn1nc(C(=O)N2CCCC(C(=O)NC3CC3)C2)c2c1CCN(C(=O)Cc1cccs1)C2. The standard InChI is InChI=1S/C23H29N5O3S/c1-26-19-8-10-27(20(29)12-17-5-3-11-32-17)14-18(19)21(25-26)23(31)28-9-2-4-15(13-28)22(30)24-16-6-7-16/h3,5,11,15-16H,2,4,6-10,12-14H2,1H3,(H,24,30). The van der Waals surface area contributed by atoms with E-state index in [1.54, 1.807) is 20.9 Å². The largest absolute Gasteiger partial charge is 0.353 e. The highest BCUT2D eigenvalue weighted by Gasteiger charge is 2.35. The van der Waals surface area contributed by atoms with Crippen molar-refractivity contribution in [2.45, 2.75) is 51.1 Å². The molecule has 0 bridgehead atoms. The fourth-order valence-corrected chi connectivity index (χ4v) is 5.42. The van der Waals surface area contributed by atoms with Crippen LogP contribution in [0.3, 0.4) is 0 Å². The fourth-order valence-electron chi connectivity index (χ4n) is 4.72. The predicted molar refractivity (Wildman–Crippen MR) is 120 cm³/mol. The van der Waals surface area contributed by atoms with Gasteiger partial charge in [0.1, 0.15) is 0 Å². The summed E-state index contributed by atoms with van der Waals surface area (Å²) in [5.74, 6) is -0.136. The van der Waals surface area contributed by atoms with Crippen LogP contribution in [0.4, 0.5) is 0 Å². The van der Waals surface area contributed by atoms with Crippen LogP contribution in [0.2, 0.25) is 0 Å². The van der Waals surface area contributed by atoms with Crippen LogP contribution in [0.1, 0.15) is 52.3 Å². The van der Waals surface area contributed by atoms with Gasteiger partial charge in [0.15, 0.2) is 5.69 Å². The Balaban J connectivity index is 1.30. The van der Waals surface area contributed by atoms with Crippen molar-refractivity contribution in [3.63, 3.8) is 0 Å². The van der Waals surface area contributed by atoms with Gasteiger partial charge in [-0.25, -0.2) is 0 Å². The Kier molecular flexibility index (Phi) is 5.75. The molecule has 5 rings (SSSR count). The molecule has 1 saturated heterocycles. The number of carbonyl (C=O) groups excluding carboxylic acids is 3. The van der Waals surface area contributed by atoms with Crippen LogP contribution in [0.5, 0.6) is 0 Å². The summed E-state index contributed by atoms with van der Waals surface area (Å²) in [6.07, 6.45) is 4.82. The van der Waals surface area contributed by atoms with E-state index in [2.05, 4.69) is 10.4 Å². The van der Waals surface area contributed by atoms with Gasteiger partial charge in [0.25, 0.3) is 5.91 Å². The Labute approximate surface area is 191 Å². The second-order valence-corrected chi connectivity index (χ2v) is 10.1. The van der Waals surface area contributed by atoms with Gasteiger partial charge in [-0.1, -0.05) is 6.07 Å². The lowest BCUT2D eigenvalue weighted by Crippen LogP contribution is -2.46. The number of aryl methyl sites for hydroxylation is 1. The van der Waals surface area contributed by atoms with Crippen molar-refractivity contribution in [2.24, 2.45) is 13.0 Å². The molecular weight excluding hydrogens is 426 g/mol. The molecule has 0 spiro atoms. The molecule has 1 N–H and O–H groups in total. The first kappa shape index (κ1) is 21.2. The molecule has 170 valence electrons. The molecule has 4 heterocycles. The number of nitrogens with one attached hydrogen (secondary N) is 1. The molecule has 32 heavy (non-hydrogen) atoms. The summed E-state index contributed by atoms with van der Waals surface area (Å²) in [6.45, 7) is 2.12. The number of nitrogens with zero attached hydrogens (tertiary/aromatic N) is 4. The zero-order chi connectivity index (χ0) is 22.2. The summed E-state index contributed by atoms with van der Waals surface area (Å²) in [7, 11) is 1.86. The van der Waals surface area contributed by atoms with Crippen molar-refractivity contribution in [3.8, 4) is 0 Å². The van der Waals surface area contributed by atoms with Crippen molar-refractivity contribution in [2.75, 3.05) is 19.6 Å². The lowest BCUT2D eigenvalue weighted by Gasteiger charge is -2.32. The quantitative estimate of drug-likeness (QED) is 0.744. The lowest BCUT2D eigenvalue weighted by atomic mass is 9.96. The molecule has 2 aromatic rings. The third kappa shape index (κ3) is 4.30. The number of aromatic nitrogens is 2. The van der Waals surface area contributed by atoms with E-state index in [0.29, 0.717) is 50.8 Å². The lowest BCUT2D eigenvalue weighted by molar-refractivity contribution is -0.131. The molecule has 3 amide bonds. The number of amides is 3. The number of hydrogen-bond donors (Lipinski definition) is 1. The van der Waals surface area contributed by atoms with E-state index in [0.717, 1.165) is 41.8 Å². The molecule has 8 nitrogen and oxygen atoms in total. The van der Waals surface area contributed by atoms with Gasteiger partial charge in [-0.3, -0.25) is 19.1 Å². The third-order valence-electron chi connectivity index (χ3n) is 6.71. The fraction of sp³-hybridized carbons (Fsp3) is 0.565. The Bertz CT molecular complexity index is 1030. The van der Waals surface area contributed by atoms with Crippen LogP contribution in [0.25, 0.3) is 0 Å². The smallest absolute Gasteiger partial charge is 0.274 e. The third-order valence-corrected chi connectivity index (χ3v) is 7.58. The van der Waals surface area contributed by atoms with E-state index < -0.39 is 0 Å². The minimum atomic E-state index is -0.156. The average molecular weight is 456 g/mol. The van der Waals surface area contributed by atoms with Gasteiger partial charge in [0, 0.05) is 61.8 Å². The van der Waals surface area contributed by atoms with Crippen molar-refractivity contribution in [1.29, 1.82) is 0 Å². The number of carbonyl (C=O) groups is 3. The van der Waals surface area contributed by atoms with E-state index in [1.807, 2.05) is 29.5 Å². The molecule has 0 radical (unpaired) electrons. The molecule has 1 aliphatic carbocycles. The molecule has 3 aliphatic rings. The van der Waals surface area contributed by atoms with Gasteiger partial charge in [0.05, 0.1) is 12.3 Å². The highest BCUT2D eigenvalue weighted by molar-refractivity contribution is 7.10. The van der Waals surface area contributed by atoms with Crippen LogP contribution >= 0.6 is 11.3 Å². The summed E-state index contributed by atoms with van der Waals surface area (Å²) >= 11 is 1.58. The topological polar surface area (TPSA) is 87.5 Å². The molecule has 1 atom stereocenters. The summed E-state index contributed by atoms with van der Waals surface area (Å²) in [5, 5.41) is 9.61. The van der Waals surface area contributed by atoms with Crippen molar-refractivity contribution in [3.05, 3.63) is 39.3 Å². The summed E-state index contributed by atoms with van der Waals surface area (Å²) < 4.78 is 1.78. The first-order valence-electron chi connectivity index (χ1n) is 11.4. The number of likely N-dealkylation sites (tertiary alicyclic amines) is 1. The van der Waals surface area contributed by atoms with Gasteiger partial charge in [-0.2, -0.15) is 5.10 Å². The minimum Gasteiger partial charge on any atom is -0.353 e. The van der Waals surface area contributed by atoms with E-state index in [-0.39, 0.29) is 23.6 Å². The van der Waals surface area contributed by atoms with Crippen molar-refractivity contribution >= 4 is 29.1 Å². The van der Waals surface area contributed by atoms with E-state index >= 15 is 0 Å². The molecular formula is C23H29N5O3S. The Morgan fingerprint density at radius 2 is 2.03 bits per heavy atom. The molecule has 1 unspecified atom stereocenters. The maximum absolute atomic E-state index is 13.4. The highest BCUT2D eigenvalue weighted by atomic mass is 32.1. The first-order valence-corrected chi connectivity index (χ1v) is 12.3. The van der Waals surface area contributed by atoms with Crippen molar-refractivity contribution < 1.29 is 14.4 Å². The van der Waals surface area contributed by atoms with Gasteiger partial charge in [0.2, 0.25) is 11.8 Å². The maximum Gasteiger partial charge on any atom is 0.274 e. The molecule has 9 heteroatoms. The second kappa shape index (κ2) is 8.69. The molecule has 1 saturated carbocycles. The van der Waals surface area contributed by atoms with E-state index in [1.165, 1.54) is 0 Å². The zero-order valence-electron chi connectivity index (χ0n) is 18.4. The van der Waals surface area contributed by atoms with Crippen molar-refractivity contribution in [1.82, 2.24) is 24.9 Å². The monoisotopic (exact) mass is 455 g/mol. The van der Waals surface area contributed by atoms with Crippen LogP contribution in [-0.2, 0) is 36.0 Å². The maximum atomic E-state index is 13.4. The molecule has 2 aliphatic heterocycles.